The minimum atomic E-state index is -5.03. The molecule has 0 aromatic heterocycles. The third kappa shape index (κ3) is 3.30. The van der Waals surface area contributed by atoms with Gasteiger partial charge in [-0.3, -0.25) is 4.79 Å². The fourth-order valence-corrected chi connectivity index (χ4v) is 3.08. The van der Waals surface area contributed by atoms with Crippen LogP contribution in [0.3, 0.4) is 0 Å². The topological polar surface area (TPSA) is 80.5 Å². The second-order valence-corrected chi connectivity index (χ2v) is 6.25. The molecule has 0 spiro atoms. The van der Waals surface area contributed by atoms with Crippen LogP contribution in [0.1, 0.15) is 6.92 Å². The van der Waals surface area contributed by atoms with Gasteiger partial charge in [-0.15, -0.1) is 0 Å². The Morgan fingerprint density at radius 2 is 1.70 bits per heavy atom. The zero-order valence-corrected chi connectivity index (χ0v) is 12.8. The highest BCUT2D eigenvalue weighted by Gasteiger charge is 2.42. The number of amides is 1. The molecule has 0 radical (unpaired) electrons. The first kappa shape index (κ1) is 17.2. The summed E-state index contributed by atoms with van der Waals surface area (Å²) in [6.45, 7) is 1.17. The average Bonchev–Trinajstić information content (AvgIpc) is 2.45. The summed E-state index contributed by atoms with van der Waals surface area (Å²) >= 11 is 0. The molecular weight excluding hydrogens is 333 g/mol. The molecule has 0 saturated heterocycles. The predicted octanol–water partition coefficient (Wildman–Crippen LogP) is 2.40. The van der Waals surface area contributed by atoms with Gasteiger partial charge in [0.15, 0.2) is 0 Å². The predicted molar refractivity (Wildman–Crippen MR) is 79.4 cm³/mol. The summed E-state index contributed by atoms with van der Waals surface area (Å²) in [7, 11) is -4.05. The van der Waals surface area contributed by atoms with Gasteiger partial charge in [0.2, 0.25) is 10.0 Å². The Hall–Kier alpha value is -2.13. The molecule has 0 aliphatic carbocycles. The van der Waals surface area contributed by atoms with Gasteiger partial charge in [-0.1, -0.05) is 24.3 Å². The molecule has 2 aromatic rings. The number of benzene rings is 2. The van der Waals surface area contributed by atoms with Crippen molar-refractivity contribution in [2.24, 2.45) is 5.14 Å². The Bertz CT molecular complexity index is 863. The summed E-state index contributed by atoms with van der Waals surface area (Å²) in [6.07, 6.45) is -5.03. The lowest BCUT2D eigenvalue weighted by Crippen LogP contribution is -2.41. The Kier molecular flexibility index (Phi) is 4.36. The zero-order chi connectivity index (χ0) is 17.4. The smallest absolute Gasteiger partial charge is 0.304 e. The number of nitrogens with zero attached hydrogens (tertiary/aromatic N) is 1. The highest BCUT2D eigenvalue weighted by atomic mass is 32.2. The molecule has 0 aliphatic heterocycles. The number of rotatable bonds is 3. The summed E-state index contributed by atoms with van der Waals surface area (Å²) in [4.78, 5) is 11.9. The van der Waals surface area contributed by atoms with Crippen LogP contribution < -0.4 is 10.0 Å². The van der Waals surface area contributed by atoms with E-state index in [0.29, 0.717) is 4.90 Å². The van der Waals surface area contributed by atoms with E-state index in [0.717, 1.165) is 0 Å². The number of fused-ring (bicyclic) bond motifs is 1. The van der Waals surface area contributed by atoms with Crippen LogP contribution in [0.15, 0.2) is 41.3 Å². The molecule has 23 heavy (non-hydrogen) atoms. The van der Waals surface area contributed by atoms with Gasteiger partial charge < -0.3 is 4.90 Å². The van der Waals surface area contributed by atoms with Crippen LogP contribution in [-0.4, -0.2) is 27.0 Å². The van der Waals surface area contributed by atoms with Crippen LogP contribution >= 0.6 is 0 Å². The number of carbonyl (C=O) groups is 1. The first-order chi connectivity index (χ1) is 10.6. The molecule has 0 saturated carbocycles. The normalized spacial score (nSPS) is 12.4. The summed E-state index contributed by atoms with van der Waals surface area (Å²) in [5.41, 5.74) is -0.0298. The van der Waals surface area contributed by atoms with E-state index < -0.39 is 22.1 Å². The Morgan fingerprint density at radius 3 is 2.22 bits per heavy atom. The molecule has 2 rings (SSSR count). The van der Waals surface area contributed by atoms with E-state index >= 15 is 0 Å². The molecule has 1 amide bonds. The van der Waals surface area contributed by atoms with Crippen LogP contribution in [0.25, 0.3) is 10.8 Å². The number of anilines is 1. The van der Waals surface area contributed by atoms with E-state index in [9.17, 15) is 26.4 Å². The Balaban J connectivity index is 2.74. The molecule has 0 unspecified atom stereocenters. The quantitative estimate of drug-likeness (QED) is 0.927. The number of alkyl halides is 3. The van der Waals surface area contributed by atoms with Crippen molar-refractivity contribution >= 4 is 32.4 Å². The highest BCUT2D eigenvalue weighted by Crippen LogP contribution is 2.32. The van der Waals surface area contributed by atoms with E-state index in [1.807, 2.05) is 0 Å². The highest BCUT2D eigenvalue weighted by molar-refractivity contribution is 7.89. The van der Waals surface area contributed by atoms with Gasteiger partial charge in [0.05, 0.1) is 10.6 Å². The maximum absolute atomic E-state index is 12.7. The van der Waals surface area contributed by atoms with Crippen LogP contribution in [0, 0.1) is 0 Å². The van der Waals surface area contributed by atoms with Gasteiger partial charge in [0.25, 0.3) is 0 Å². The monoisotopic (exact) mass is 346 g/mol. The average molecular weight is 346 g/mol. The molecule has 124 valence electrons. The van der Waals surface area contributed by atoms with E-state index in [-0.39, 0.29) is 27.9 Å². The van der Waals surface area contributed by atoms with Crippen molar-refractivity contribution in [2.75, 3.05) is 11.4 Å². The van der Waals surface area contributed by atoms with E-state index in [2.05, 4.69) is 0 Å². The SMILES string of the molecule is CCN(C(=O)C(F)(F)F)c1cccc2c(S(N)(=O)=O)cccc12. The van der Waals surface area contributed by atoms with Gasteiger partial charge in [0, 0.05) is 17.3 Å². The van der Waals surface area contributed by atoms with E-state index in [1.165, 1.54) is 43.3 Å². The van der Waals surface area contributed by atoms with Gasteiger partial charge in [-0.25, -0.2) is 13.6 Å². The number of halogens is 3. The zero-order valence-electron chi connectivity index (χ0n) is 12.0. The lowest BCUT2D eigenvalue weighted by Gasteiger charge is -2.24. The lowest BCUT2D eigenvalue weighted by molar-refractivity contribution is -0.170. The molecular formula is C14H13F3N2O3S. The van der Waals surface area contributed by atoms with Crippen molar-refractivity contribution < 1.29 is 26.4 Å². The summed E-state index contributed by atoms with van der Waals surface area (Å²) in [6, 6.07) is 8.16. The van der Waals surface area contributed by atoms with Gasteiger partial charge in [-0.2, -0.15) is 13.2 Å². The second-order valence-electron chi connectivity index (χ2n) is 4.72. The van der Waals surface area contributed by atoms with Crippen molar-refractivity contribution in [1.82, 2.24) is 0 Å². The number of hydrogen-bond donors (Lipinski definition) is 1. The maximum Gasteiger partial charge on any atom is 0.471 e. The van der Waals surface area contributed by atoms with Crippen LogP contribution in [0.4, 0.5) is 18.9 Å². The first-order valence-electron chi connectivity index (χ1n) is 6.50. The molecule has 9 heteroatoms. The fraction of sp³-hybridized carbons (Fsp3) is 0.214. The number of carbonyl (C=O) groups excluding carboxylic acids is 1. The maximum atomic E-state index is 12.7. The van der Waals surface area contributed by atoms with Crippen LogP contribution in [-0.2, 0) is 14.8 Å². The van der Waals surface area contributed by atoms with Crippen molar-refractivity contribution in [1.29, 1.82) is 0 Å². The van der Waals surface area contributed by atoms with Gasteiger partial charge in [-0.05, 0) is 19.1 Å². The minimum Gasteiger partial charge on any atom is -0.304 e. The van der Waals surface area contributed by atoms with Gasteiger partial charge in [0.1, 0.15) is 0 Å². The summed E-state index contributed by atoms with van der Waals surface area (Å²) in [5.74, 6) is -2.02. The third-order valence-electron chi connectivity index (χ3n) is 3.26. The van der Waals surface area contributed by atoms with Crippen LogP contribution in [0.2, 0.25) is 0 Å². The molecule has 0 heterocycles. The molecule has 0 bridgehead atoms. The second kappa shape index (κ2) is 5.82. The fourth-order valence-electron chi connectivity index (χ4n) is 2.32. The Morgan fingerprint density at radius 1 is 1.13 bits per heavy atom. The van der Waals surface area contributed by atoms with Gasteiger partial charge >= 0.3 is 12.1 Å². The number of hydrogen-bond acceptors (Lipinski definition) is 3. The van der Waals surface area contributed by atoms with Crippen LogP contribution in [0.5, 0.6) is 0 Å². The molecule has 5 nitrogen and oxygen atoms in total. The van der Waals surface area contributed by atoms with Crippen molar-refractivity contribution in [3.8, 4) is 0 Å². The summed E-state index contributed by atoms with van der Waals surface area (Å²) < 4.78 is 61.4. The molecule has 2 aromatic carbocycles. The van der Waals surface area contributed by atoms with E-state index in [1.54, 1.807) is 0 Å². The molecule has 0 aliphatic rings. The first-order valence-corrected chi connectivity index (χ1v) is 8.05. The van der Waals surface area contributed by atoms with Crippen molar-refractivity contribution in [2.45, 2.75) is 18.0 Å². The largest absolute Gasteiger partial charge is 0.471 e. The number of nitrogens with two attached hydrogens (primary N) is 1. The Labute approximate surface area is 130 Å². The molecule has 0 atom stereocenters. The molecule has 2 N–H and O–H groups in total. The standard InChI is InChI=1S/C14H13F3N2O3S/c1-2-19(13(20)14(15,16)17)11-7-3-6-10-9(11)5-4-8-12(10)23(18,21)22/h3-8H,2H2,1H3,(H2,18,21,22). The van der Waals surface area contributed by atoms with Crippen molar-refractivity contribution in [3.63, 3.8) is 0 Å². The third-order valence-corrected chi connectivity index (χ3v) is 4.23. The lowest BCUT2D eigenvalue weighted by atomic mass is 10.1. The minimum absolute atomic E-state index is 0.0298. The summed E-state index contributed by atoms with van der Waals surface area (Å²) in [5, 5.41) is 5.47. The molecule has 0 fully saturated rings. The number of sulfonamides is 1. The van der Waals surface area contributed by atoms with Crippen molar-refractivity contribution in [3.05, 3.63) is 36.4 Å². The number of primary sulfonamides is 1. The van der Waals surface area contributed by atoms with E-state index in [4.69, 9.17) is 5.14 Å².